The largest absolute Gasteiger partial charge is 0.339 e. The molecule has 4 rings (SSSR count). The smallest absolute Gasteiger partial charge is 0.251 e. The number of halogens is 1. The minimum atomic E-state index is 0. The Morgan fingerprint density at radius 1 is 1.14 bits per heavy atom. The summed E-state index contributed by atoms with van der Waals surface area (Å²) in [5.41, 5.74) is 4.80. The summed E-state index contributed by atoms with van der Waals surface area (Å²) in [4.78, 5) is 15.9. The van der Waals surface area contributed by atoms with Gasteiger partial charge in [-0.05, 0) is 40.8 Å². The number of rotatable bonds is 4. The monoisotopic (exact) mass is 418 g/mol. The normalized spacial score (nSPS) is 17.3. The Bertz CT molecular complexity index is 978. The molecular weight excluding hydrogens is 392 g/mol. The lowest BCUT2D eigenvalue weighted by molar-refractivity contribution is 0.190. The molecule has 0 amide bonds. The number of nitrogens with one attached hydrogen (secondary N) is 1. The molecule has 4 heterocycles. The van der Waals surface area contributed by atoms with Crippen LogP contribution in [0.3, 0.4) is 0 Å². The molecule has 1 unspecified atom stereocenters. The summed E-state index contributed by atoms with van der Waals surface area (Å²) < 4.78 is 7.34. The van der Waals surface area contributed by atoms with E-state index in [1.807, 2.05) is 33.8 Å². The van der Waals surface area contributed by atoms with Crippen molar-refractivity contribution in [3.63, 3.8) is 0 Å². The third-order valence-electron chi connectivity index (χ3n) is 5.22. The van der Waals surface area contributed by atoms with Gasteiger partial charge in [0, 0.05) is 42.3 Å². The molecular formula is C19H27ClN8O. The molecule has 1 atom stereocenters. The summed E-state index contributed by atoms with van der Waals surface area (Å²) in [6.45, 7) is 10.7. The van der Waals surface area contributed by atoms with Crippen molar-refractivity contribution in [2.45, 2.75) is 40.2 Å². The number of piperazine rings is 1. The van der Waals surface area contributed by atoms with Crippen molar-refractivity contribution >= 4 is 12.4 Å². The maximum atomic E-state index is 5.55. The van der Waals surface area contributed by atoms with E-state index in [1.54, 1.807) is 4.68 Å². The van der Waals surface area contributed by atoms with Crippen LogP contribution in [0.4, 0.5) is 0 Å². The van der Waals surface area contributed by atoms with E-state index in [9.17, 15) is 0 Å². The second kappa shape index (κ2) is 8.56. The summed E-state index contributed by atoms with van der Waals surface area (Å²) in [7, 11) is 2.09. The molecule has 3 aromatic heterocycles. The predicted octanol–water partition coefficient (Wildman–Crippen LogP) is 1.87. The van der Waals surface area contributed by atoms with E-state index >= 15 is 0 Å². The van der Waals surface area contributed by atoms with E-state index in [-0.39, 0.29) is 18.4 Å². The lowest BCUT2D eigenvalue weighted by atomic mass is 10.1. The third-order valence-corrected chi connectivity index (χ3v) is 5.22. The summed E-state index contributed by atoms with van der Waals surface area (Å²) in [6, 6.07) is 2.09. The van der Waals surface area contributed by atoms with Gasteiger partial charge in [0.15, 0.2) is 5.82 Å². The second-order valence-corrected chi connectivity index (χ2v) is 7.44. The first kappa shape index (κ1) is 21.4. The molecule has 1 N–H and O–H groups in total. The number of aromatic nitrogens is 6. The molecule has 1 aliphatic rings. The van der Waals surface area contributed by atoms with Crippen molar-refractivity contribution in [3.8, 4) is 5.95 Å². The Morgan fingerprint density at radius 3 is 2.55 bits per heavy atom. The maximum absolute atomic E-state index is 5.55. The van der Waals surface area contributed by atoms with Gasteiger partial charge in [-0.2, -0.15) is 10.1 Å². The molecule has 29 heavy (non-hydrogen) atoms. The summed E-state index contributed by atoms with van der Waals surface area (Å²) in [5, 5.41) is 12.2. The van der Waals surface area contributed by atoms with Crippen LogP contribution < -0.4 is 5.32 Å². The third kappa shape index (κ3) is 4.31. The zero-order chi connectivity index (χ0) is 19.8. The van der Waals surface area contributed by atoms with E-state index in [0.29, 0.717) is 18.3 Å². The lowest BCUT2D eigenvalue weighted by Crippen LogP contribution is -2.44. The molecule has 1 fully saturated rings. The van der Waals surface area contributed by atoms with E-state index in [2.05, 4.69) is 42.5 Å². The van der Waals surface area contributed by atoms with Gasteiger partial charge in [-0.25, -0.2) is 14.6 Å². The van der Waals surface area contributed by atoms with E-state index in [1.165, 1.54) is 0 Å². The van der Waals surface area contributed by atoms with Crippen LogP contribution in [0.2, 0.25) is 0 Å². The average molecular weight is 419 g/mol. The number of hydrogen-bond acceptors (Lipinski definition) is 8. The molecule has 156 valence electrons. The van der Waals surface area contributed by atoms with Gasteiger partial charge in [0.1, 0.15) is 0 Å². The zero-order valence-corrected chi connectivity index (χ0v) is 18.2. The fraction of sp³-hybridized carbons (Fsp3) is 0.526. The first-order valence-electron chi connectivity index (χ1n) is 9.53. The highest BCUT2D eigenvalue weighted by Gasteiger charge is 2.26. The average Bonchev–Trinajstić information content (AvgIpc) is 3.21. The van der Waals surface area contributed by atoms with E-state index in [0.717, 1.165) is 53.8 Å². The molecule has 0 bridgehead atoms. The number of likely N-dealkylation sites (N-methyl/N-ethyl adjacent to an activating group) is 1. The standard InChI is InChI=1S/C19H26N8O.ClH/c1-11-8-12(2)22-19(21-11)27-14(4)15(13(3)24-27)9-17-23-18(25-28-17)16-10-20-6-7-26(16)5;/h8,16,20H,6-7,9-10H2,1-5H3;1H. The lowest BCUT2D eigenvalue weighted by Gasteiger charge is -2.30. The Balaban J connectivity index is 0.00000240. The fourth-order valence-electron chi connectivity index (χ4n) is 3.65. The Hall–Kier alpha value is -2.36. The number of nitrogens with zero attached hydrogens (tertiary/aromatic N) is 7. The molecule has 0 radical (unpaired) electrons. The van der Waals surface area contributed by atoms with Crippen molar-refractivity contribution < 1.29 is 4.52 Å². The van der Waals surface area contributed by atoms with Gasteiger partial charge in [-0.3, -0.25) is 4.90 Å². The van der Waals surface area contributed by atoms with Gasteiger partial charge in [0.05, 0.1) is 18.2 Å². The van der Waals surface area contributed by atoms with Crippen LogP contribution >= 0.6 is 12.4 Å². The van der Waals surface area contributed by atoms with Gasteiger partial charge in [-0.1, -0.05) is 5.16 Å². The van der Waals surface area contributed by atoms with Crippen LogP contribution in [0.15, 0.2) is 10.6 Å². The van der Waals surface area contributed by atoms with Crippen molar-refractivity contribution in [2.24, 2.45) is 0 Å². The zero-order valence-electron chi connectivity index (χ0n) is 17.4. The minimum Gasteiger partial charge on any atom is -0.339 e. The van der Waals surface area contributed by atoms with Crippen molar-refractivity contribution in [3.05, 3.63) is 46.1 Å². The van der Waals surface area contributed by atoms with Crippen molar-refractivity contribution in [2.75, 3.05) is 26.7 Å². The van der Waals surface area contributed by atoms with E-state index < -0.39 is 0 Å². The van der Waals surface area contributed by atoms with Crippen molar-refractivity contribution in [1.29, 1.82) is 0 Å². The van der Waals surface area contributed by atoms with Gasteiger partial charge in [-0.15, -0.1) is 12.4 Å². The Labute approximate surface area is 176 Å². The molecule has 0 spiro atoms. The van der Waals surface area contributed by atoms with E-state index in [4.69, 9.17) is 4.52 Å². The molecule has 0 aliphatic carbocycles. The maximum Gasteiger partial charge on any atom is 0.251 e. The summed E-state index contributed by atoms with van der Waals surface area (Å²) >= 11 is 0. The van der Waals surface area contributed by atoms with Crippen LogP contribution in [-0.4, -0.2) is 61.5 Å². The highest BCUT2D eigenvalue weighted by atomic mass is 35.5. The summed E-state index contributed by atoms with van der Waals surface area (Å²) in [6.07, 6.45) is 0.541. The van der Waals surface area contributed by atoms with Gasteiger partial charge in [0.2, 0.25) is 5.89 Å². The molecule has 1 saturated heterocycles. The van der Waals surface area contributed by atoms with Gasteiger partial charge >= 0.3 is 0 Å². The molecule has 10 heteroatoms. The highest BCUT2D eigenvalue weighted by molar-refractivity contribution is 5.85. The van der Waals surface area contributed by atoms with Crippen molar-refractivity contribution in [1.82, 2.24) is 40.1 Å². The van der Waals surface area contributed by atoms with Crippen LogP contribution in [0.1, 0.15) is 46.1 Å². The first-order chi connectivity index (χ1) is 13.4. The van der Waals surface area contributed by atoms with Crippen LogP contribution in [0.5, 0.6) is 0 Å². The molecule has 3 aromatic rings. The highest BCUT2D eigenvalue weighted by Crippen LogP contribution is 2.22. The van der Waals surface area contributed by atoms with Gasteiger partial charge < -0.3 is 9.84 Å². The predicted molar refractivity (Wildman–Crippen MR) is 111 cm³/mol. The second-order valence-electron chi connectivity index (χ2n) is 7.44. The molecule has 9 nitrogen and oxygen atoms in total. The fourth-order valence-corrected chi connectivity index (χ4v) is 3.65. The minimum absolute atomic E-state index is 0. The summed E-state index contributed by atoms with van der Waals surface area (Å²) in [5.74, 6) is 1.91. The number of hydrogen-bond donors (Lipinski definition) is 1. The Morgan fingerprint density at radius 2 is 1.86 bits per heavy atom. The topological polar surface area (TPSA) is 97.8 Å². The van der Waals surface area contributed by atoms with Crippen LogP contribution in [0, 0.1) is 27.7 Å². The quantitative estimate of drug-likeness (QED) is 0.685. The first-order valence-corrected chi connectivity index (χ1v) is 9.53. The molecule has 0 saturated carbocycles. The molecule has 1 aliphatic heterocycles. The SMILES string of the molecule is Cc1cc(C)nc(-n2nc(C)c(Cc3nc(C4CNCCN4C)no3)c2C)n1.Cl. The van der Waals surface area contributed by atoms with Gasteiger partial charge in [0.25, 0.3) is 5.95 Å². The van der Waals surface area contributed by atoms with Crippen LogP contribution in [0.25, 0.3) is 5.95 Å². The molecule has 0 aromatic carbocycles. The Kier molecular flexibility index (Phi) is 6.30. The number of aryl methyl sites for hydroxylation is 3. The van der Waals surface area contributed by atoms with Crippen LogP contribution in [-0.2, 0) is 6.42 Å².